The maximum absolute atomic E-state index is 12.7. The maximum Gasteiger partial charge on any atom is 0.407 e. The minimum atomic E-state index is -3.57. The molecule has 0 spiro atoms. The maximum atomic E-state index is 12.7. The zero-order valence-corrected chi connectivity index (χ0v) is 15.9. The molecule has 1 amide bonds. The minimum absolute atomic E-state index is 0.0911. The molecule has 0 radical (unpaired) electrons. The number of hydrogen-bond acceptors (Lipinski definition) is 5. The van der Waals surface area contributed by atoms with Gasteiger partial charge in [0.2, 0.25) is 10.0 Å². The third kappa shape index (κ3) is 5.34. The molecule has 1 N–H and O–H groups in total. The van der Waals surface area contributed by atoms with Gasteiger partial charge in [0, 0.05) is 25.2 Å². The lowest BCUT2D eigenvalue weighted by Crippen LogP contribution is -2.47. The van der Waals surface area contributed by atoms with E-state index in [0.29, 0.717) is 31.7 Å². The molecule has 1 heterocycles. The van der Waals surface area contributed by atoms with Crippen LogP contribution >= 0.6 is 0 Å². The van der Waals surface area contributed by atoms with E-state index in [4.69, 9.17) is 9.47 Å². The Morgan fingerprint density at radius 3 is 2.44 bits per heavy atom. The summed E-state index contributed by atoms with van der Waals surface area (Å²) in [6, 6.07) is 6.34. The van der Waals surface area contributed by atoms with Crippen LogP contribution in [-0.2, 0) is 14.8 Å². The summed E-state index contributed by atoms with van der Waals surface area (Å²) in [6.07, 6.45) is 0.617. The first-order valence-electron chi connectivity index (χ1n) is 8.25. The monoisotopic (exact) mass is 370 g/mol. The Labute approximate surface area is 149 Å². The molecule has 140 valence electrons. The number of amides is 1. The first kappa shape index (κ1) is 19.5. The Balaban J connectivity index is 1.96. The van der Waals surface area contributed by atoms with Crippen LogP contribution in [-0.4, -0.2) is 50.7 Å². The van der Waals surface area contributed by atoms with Crippen molar-refractivity contribution in [1.82, 2.24) is 9.62 Å². The van der Waals surface area contributed by atoms with E-state index >= 15 is 0 Å². The van der Waals surface area contributed by atoms with Crippen LogP contribution in [0.25, 0.3) is 0 Å². The Hall–Kier alpha value is -1.80. The molecule has 0 aliphatic carbocycles. The molecule has 2 rings (SSSR count). The van der Waals surface area contributed by atoms with Crippen LogP contribution in [0.3, 0.4) is 0 Å². The molecule has 1 aliphatic heterocycles. The normalized spacial score (nSPS) is 17.1. The highest BCUT2D eigenvalue weighted by molar-refractivity contribution is 7.89. The predicted octanol–water partition coefficient (Wildman–Crippen LogP) is 2.37. The lowest BCUT2D eigenvalue weighted by Gasteiger charge is -2.32. The number of piperidine rings is 1. The Morgan fingerprint density at radius 1 is 1.24 bits per heavy atom. The van der Waals surface area contributed by atoms with E-state index in [-0.39, 0.29) is 10.9 Å². The summed E-state index contributed by atoms with van der Waals surface area (Å²) in [5.74, 6) is 0.502. The Bertz CT molecular complexity index is 704. The summed E-state index contributed by atoms with van der Waals surface area (Å²) in [4.78, 5) is 12.0. The van der Waals surface area contributed by atoms with Crippen LogP contribution in [0, 0.1) is 0 Å². The fraction of sp³-hybridized carbons (Fsp3) is 0.588. The minimum Gasteiger partial charge on any atom is -0.497 e. The van der Waals surface area contributed by atoms with Gasteiger partial charge in [-0.05, 0) is 45.7 Å². The zero-order chi connectivity index (χ0) is 18.7. The highest BCUT2D eigenvalue weighted by Gasteiger charge is 2.30. The summed E-state index contributed by atoms with van der Waals surface area (Å²) in [7, 11) is -2.07. The van der Waals surface area contributed by atoms with Crippen molar-refractivity contribution in [1.29, 1.82) is 0 Å². The van der Waals surface area contributed by atoms with E-state index in [9.17, 15) is 13.2 Å². The number of carbonyl (C=O) groups excluding carboxylic acids is 1. The van der Waals surface area contributed by atoms with Gasteiger partial charge in [0.05, 0.1) is 12.0 Å². The van der Waals surface area contributed by atoms with Crippen molar-refractivity contribution in [2.75, 3.05) is 20.2 Å². The topological polar surface area (TPSA) is 84.9 Å². The molecule has 1 aromatic carbocycles. The van der Waals surface area contributed by atoms with Crippen molar-refractivity contribution in [2.45, 2.75) is 50.2 Å². The van der Waals surface area contributed by atoms with Gasteiger partial charge in [-0.1, -0.05) is 6.07 Å². The molecular formula is C17H26N2O5S. The molecule has 1 saturated heterocycles. The van der Waals surface area contributed by atoms with Gasteiger partial charge in [-0.2, -0.15) is 4.31 Å². The fourth-order valence-corrected chi connectivity index (χ4v) is 4.13. The van der Waals surface area contributed by atoms with Crippen molar-refractivity contribution in [3.8, 4) is 5.75 Å². The van der Waals surface area contributed by atoms with Gasteiger partial charge in [0.1, 0.15) is 11.4 Å². The van der Waals surface area contributed by atoms with Crippen LogP contribution in [0.1, 0.15) is 33.6 Å². The third-order valence-electron chi connectivity index (χ3n) is 3.85. The van der Waals surface area contributed by atoms with Gasteiger partial charge < -0.3 is 14.8 Å². The van der Waals surface area contributed by atoms with Gasteiger partial charge in [-0.15, -0.1) is 0 Å². The number of benzene rings is 1. The number of ether oxygens (including phenoxy) is 2. The number of alkyl carbamates (subject to hydrolysis) is 1. The highest BCUT2D eigenvalue weighted by atomic mass is 32.2. The van der Waals surface area contributed by atoms with Crippen molar-refractivity contribution >= 4 is 16.1 Å². The number of sulfonamides is 1. The van der Waals surface area contributed by atoms with Crippen molar-refractivity contribution in [2.24, 2.45) is 0 Å². The first-order chi connectivity index (χ1) is 11.6. The average Bonchev–Trinajstić information content (AvgIpc) is 2.53. The molecule has 0 bridgehead atoms. The number of rotatable bonds is 4. The van der Waals surface area contributed by atoms with E-state index in [2.05, 4.69) is 5.32 Å². The first-order valence-corrected chi connectivity index (χ1v) is 9.69. The molecule has 0 unspecified atom stereocenters. The third-order valence-corrected chi connectivity index (χ3v) is 5.75. The predicted molar refractivity (Wildman–Crippen MR) is 94.1 cm³/mol. The van der Waals surface area contributed by atoms with Gasteiger partial charge in [0.25, 0.3) is 0 Å². The van der Waals surface area contributed by atoms with Crippen LogP contribution in [0.15, 0.2) is 29.2 Å². The van der Waals surface area contributed by atoms with Crippen LogP contribution in [0.4, 0.5) is 4.79 Å². The molecular weight excluding hydrogens is 344 g/mol. The molecule has 0 atom stereocenters. The number of nitrogens with one attached hydrogen (secondary N) is 1. The molecule has 8 heteroatoms. The summed E-state index contributed by atoms with van der Waals surface area (Å²) in [5.41, 5.74) is -0.555. The Kier molecular flexibility index (Phi) is 5.95. The van der Waals surface area contributed by atoms with Crippen molar-refractivity contribution < 1.29 is 22.7 Å². The van der Waals surface area contributed by atoms with E-state index in [0.717, 1.165) is 0 Å². The standard InChI is InChI=1S/C17H26N2O5S/c1-17(2,3)24-16(20)18-13-8-10-19(11-9-13)25(21,22)15-7-5-6-14(12-15)23-4/h5-7,12-13H,8-11H2,1-4H3,(H,18,20). The number of methoxy groups -OCH3 is 1. The van der Waals surface area contributed by atoms with E-state index in [1.807, 2.05) is 0 Å². The molecule has 1 aromatic rings. The van der Waals surface area contributed by atoms with Crippen LogP contribution in [0.5, 0.6) is 5.75 Å². The van der Waals surface area contributed by atoms with Gasteiger partial charge in [-0.25, -0.2) is 13.2 Å². The molecule has 1 aliphatic rings. The van der Waals surface area contributed by atoms with Crippen LogP contribution < -0.4 is 10.1 Å². The second kappa shape index (κ2) is 7.61. The SMILES string of the molecule is COc1cccc(S(=O)(=O)N2CCC(NC(=O)OC(C)(C)C)CC2)c1. The van der Waals surface area contributed by atoms with Crippen molar-refractivity contribution in [3.05, 3.63) is 24.3 Å². The van der Waals surface area contributed by atoms with E-state index in [1.165, 1.54) is 17.5 Å². The lowest BCUT2D eigenvalue weighted by atomic mass is 10.1. The summed E-state index contributed by atoms with van der Waals surface area (Å²) < 4.78 is 37.2. The number of nitrogens with zero attached hydrogens (tertiary/aromatic N) is 1. The van der Waals surface area contributed by atoms with Gasteiger partial charge >= 0.3 is 6.09 Å². The Morgan fingerprint density at radius 2 is 1.88 bits per heavy atom. The average molecular weight is 370 g/mol. The quantitative estimate of drug-likeness (QED) is 0.879. The molecule has 25 heavy (non-hydrogen) atoms. The second-order valence-corrected chi connectivity index (χ2v) is 8.94. The largest absolute Gasteiger partial charge is 0.497 e. The lowest BCUT2D eigenvalue weighted by molar-refractivity contribution is 0.0489. The number of hydrogen-bond donors (Lipinski definition) is 1. The fourth-order valence-electron chi connectivity index (χ4n) is 2.63. The highest BCUT2D eigenvalue weighted by Crippen LogP contribution is 2.24. The van der Waals surface area contributed by atoms with E-state index in [1.54, 1.807) is 39.0 Å². The van der Waals surface area contributed by atoms with Crippen LogP contribution in [0.2, 0.25) is 0 Å². The summed E-state index contributed by atoms with van der Waals surface area (Å²) in [6.45, 7) is 6.10. The number of carbonyl (C=O) groups is 1. The zero-order valence-electron chi connectivity index (χ0n) is 15.1. The molecule has 7 nitrogen and oxygen atoms in total. The molecule has 0 saturated carbocycles. The summed E-state index contributed by atoms with van der Waals surface area (Å²) >= 11 is 0. The van der Waals surface area contributed by atoms with E-state index < -0.39 is 21.7 Å². The van der Waals surface area contributed by atoms with Crippen molar-refractivity contribution in [3.63, 3.8) is 0 Å². The summed E-state index contributed by atoms with van der Waals surface area (Å²) in [5, 5.41) is 2.80. The van der Waals surface area contributed by atoms with Gasteiger partial charge in [-0.3, -0.25) is 0 Å². The molecule has 1 fully saturated rings. The molecule has 0 aromatic heterocycles. The second-order valence-electron chi connectivity index (χ2n) is 7.00. The van der Waals surface area contributed by atoms with Gasteiger partial charge in [0.15, 0.2) is 0 Å². The smallest absolute Gasteiger partial charge is 0.407 e.